The Balaban J connectivity index is 0.000000199. The molecule has 0 unspecified atom stereocenters. The number of nitrogens with two attached hydrogens (primary N) is 5. The number of anilines is 2. The van der Waals surface area contributed by atoms with Gasteiger partial charge in [-0.3, -0.25) is 33.9 Å². The summed E-state index contributed by atoms with van der Waals surface area (Å²) in [6.07, 6.45) is 12.2. The topological polar surface area (TPSA) is 424 Å². The fourth-order valence-electron chi connectivity index (χ4n) is 11.7. The summed E-state index contributed by atoms with van der Waals surface area (Å²) < 4.78 is 87.1. The number of hydrogen-bond acceptors (Lipinski definition) is 18. The van der Waals surface area contributed by atoms with E-state index in [1.165, 1.54) is 40.7 Å². The maximum atomic E-state index is 13.2. The van der Waals surface area contributed by atoms with E-state index >= 15 is 0 Å². The second kappa shape index (κ2) is 42.2. The maximum Gasteiger partial charge on any atom is 0.308 e. The molecule has 12 aromatic rings. The smallest absolute Gasteiger partial charge is 0.308 e. The van der Waals surface area contributed by atoms with Crippen LogP contribution in [0.2, 0.25) is 0 Å². The van der Waals surface area contributed by atoms with Crippen LogP contribution in [0, 0.1) is 43.1 Å². The van der Waals surface area contributed by atoms with Crippen molar-refractivity contribution in [2.24, 2.45) is 22.9 Å². The van der Waals surface area contributed by atoms with Gasteiger partial charge in [0.15, 0.2) is 0 Å². The maximum absolute atomic E-state index is 13.2. The molecule has 0 bridgehead atoms. The molecule has 0 saturated heterocycles. The summed E-state index contributed by atoms with van der Waals surface area (Å²) in [7, 11) is -7.50. The van der Waals surface area contributed by atoms with E-state index in [4.69, 9.17) is 55.1 Å². The number of carbonyl (C=O) groups excluding carboxylic acids is 4. The normalized spacial score (nSPS) is 10.5. The van der Waals surface area contributed by atoms with Crippen molar-refractivity contribution in [2.45, 2.75) is 79.1 Å². The van der Waals surface area contributed by atoms with Gasteiger partial charge in [0.05, 0.1) is 21.3 Å². The Morgan fingerprint density at radius 1 is 0.441 bits per heavy atom. The standard InChI is InChI=1S/C22H20FNO.C21H22N4O3S.C21H22N2OS.C19H18N4O.2HNO2S/c1-15-3-2-4-18(13-15)21-11-7-17(14-19(21)8-12-22(24)25)16-5-9-20(23)10-6-16;1-23-29(27,28)25-19-6-2-4-16(13-19)20-9-7-15(18-5-3-11-24-14-18)12-17(20)8-10-21(22)26;1-13-5-4-6-16(11-13)19-9-7-18(12-17(19)8-10-20(22)24)21-14(2)23-15(3)25-21;20-18-11-15(7-9-23-18)17-5-3-13(16-2-1-8-22-12-16)10-14(17)4-6-19(21)24;2*1-4(2)3/h2-7,9-11,13-14H,8,12H2,1H3,(H2,24,25);2-7,9,11-14,23,25H,8,10H2,1H3,(H2,22,26);4-7,9,11-12H,8,10H2,1-3H3,(H2,22,24);1-3,5,7-12H,4,6H2,(H2,20,23)(H2,21,24);2*1H. The predicted octanol–water partition coefficient (Wildman–Crippen LogP) is 14.5. The van der Waals surface area contributed by atoms with Crippen LogP contribution in [0.1, 0.15) is 69.8 Å². The van der Waals surface area contributed by atoms with Gasteiger partial charge in [0.25, 0.3) is 10.2 Å². The van der Waals surface area contributed by atoms with Crippen molar-refractivity contribution in [2.75, 3.05) is 17.5 Å². The summed E-state index contributed by atoms with van der Waals surface area (Å²) in [5, 5.41) is 1.06. The summed E-state index contributed by atoms with van der Waals surface area (Å²) in [5.41, 5.74) is 50.7. The van der Waals surface area contributed by atoms with Gasteiger partial charge in [0.2, 0.25) is 23.6 Å². The fourth-order valence-corrected chi connectivity index (χ4v) is 13.2. The highest BCUT2D eigenvalue weighted by Gasteiger charge is 2.17. The SMILES string of the molecule is CNS(=O)(=O)Nc1cccc(-c2ccc(-c3cccnc3)cc2CCC(N)=O)c1.Cc1cccc(-c2ccc(-c3ccc(F)cc3)cc2CCC(N)=O)c1.Cc1cccc(-c2ccc(-c3sc(C)nc3C)cc2CCC(N)=O)c1.N=S(=O)=O.N=S(=O)=O.NC(=O)CCc1cc(-c2cccnc2)ccc1-c1ccnc(N)c1. The highest BCUT2D eigenvalue weighted by atomic mass is 32.2. The molecule has 8 aromatic carbocycles. The molecule has 572 valence electrons. The van der Waals surface area contributed by atoms with Gasteiger partial charge in [0.1, 0.15) is 11.6 Å². The van der Waals surface area contributed by atoms with E-state index in [-0.39, 0.29) is 35.9 Å². The minimum atomic E-state index is -3.61. The zero-order valence-electron chi connectivity index (χ0n) is 61.4. The number of nitrogen functional groups attached to an aromatic ring is 1. The van der Waals surface area contributed by atoms with Crippen LogP contribution >= 0.6 is 11.3 Å². The molecular formula is C83H84FN13O10S4. The van der Waals surface area contributed by atoms with Gasteiger partial charge in [-0.2, -0.15) is 34.8 Å². The third kappa shape index (κ3) is 28.2. The summed E-state index contributed by atoms with van der Waals surface area (Å²) >= 11 is 1.70. The Kier molecular flexibility index (Phi) is 32.6. The third-order valence-electron chi connectivity index (χ3n) is 16.8. The second-order valence-corrected chi connectivity index (χ2v) is 28.8. The van der Waals surface area contributed by atoms with E-state index in [0.717, 1.165) is 111 Å². The van der Waals surface area contributed by atoms with E-state index in [1.807, 2.05) is 105 Å². The highest BCUT2D eigenvalue weighted by Crippen LogP contribution is 2.37. The molecule has 4 amide bonds. The van der Waals surface area contributed by atoms with Crippen molar-refractivity contribution in [3.05, 3.63) is 287 Å². The first-order valence-corrected chi connectivity index (χ1v) is 38.8. The molecular weight excluding hydrogens is 1490 g/mol. The van der Waals surface area contributed by atoms with E-state index in [0.29, 0.717) is 56.5 Å². The monoisotopic (exact) mass is 1570 g/mol. The summed E-state index contributed by atoms with van der Waals surface area (Å²) in [4.78, 5) is 63.2. The zero-order valence-corrected chi connectivity index (χ0v) is 64.7. The summed E-state index contributed by atoms with van der Waals surface area (Å²) in [6, 6.07) is 66.4. The second-order valence-electron chi connectivity index (χ2n) is 25.1. The van der Waals surface area contributed by atoms with E-state index in [1.54, 1.807) is 66.5 Å². The predicted molar refractivity (Wildman–Crippen MR) is 437 cm³/mol. The minimum absolute atomic E-state index is 0.218. The minimum Gasteiger partial charge on any atom is -0.384 e. The lowest BCUT2D eigenvalue weighted by molar-refractivity contribution is -0.118. The average Bonchev–Trinajstić information content (AvgIpc) is 1.66. The van der Waals surface area contributed by atoms with E-state index in [2.05, 4.69) is 122 Å². The number of nitrogens with zero attached hydrogens (tertiary/aromatic N) is 4. The van der Waals surface area contributed by atoms with Gasteiger partial charge in [-0.05, 0) is 214 Å². The Morgan fingerprint density at radius 3 is 1.16 bits per heavy atom. The first kappa shape index (κ1) is 85.6. The third-order valence-corrected chi connectivity index (χ3v) is 18.9. The number of rotatable bonds is 23. The number of hydrogen-bond donors (Lipinski definition) is 9. The number of aromatic nitrogens is 4. The van der Waals surface area contributed by atoms with Gasteiger partial charge in [-0.25, -0.2) is 19.1 Å². The molecule has 0 saturated carbocycles. The van der Waals surface area contributed by atoms with Crippen molar-refractivity contribution < 1.29 is 48.8 Å². The molecule has 0 aliphatic rings. The quantitative estimate of drug-likeness (QED) is 0.0287. The molecule has 0 atom stereocenters. The van der Waals surface area contributed by atoms with Crippen LogP contribution in [0.5, 0.6) is 0 Å². The number of carbonyl (C=O) groups is 4. The molecule has 12 rings (SSSR count). The molecule has 4 heterocycles. The average molecular weight is 1570 g/mol. The number of aryl methyl sites for hydroxylation is 8. The van der Waals surface area contributed by atoms with Crippen molar-refractivity contribution in [3.63, 3.8) is 0 Å². The Bertz CT molecular complexity index is 5570. The van der Waals surface area contributed by atoms with E-state index in [9.17, 15) is 32.0 Å². The highest BCUT2D eigenvalue weighted by molar-refractivity contribution is 7.90. The lowest BCUT2D eigenvalue weighted by atomic mass is 9.92. The van der Waals surface area contributed by atoms with Crippen molar-refractivity contribution >= 4 is 77.7 Å². The lowest BCUT2D eigenvalue weighted by Gasteiger charge is -2.14. The molecule has 0 fully saturated rings. The van der Waals surface area contributed by atoms with Gasteiger partial charge in [0, 0.05) is 63.7 Å². The van der Waals surface area contributed by atoms with Crippen molar-refractivity contribution in [1.29, 1.82) is 9.56 Å². The van der Waals surface area contributed by atoms with Crippen molar-refractivity contribution in [1.82, 2.24) is 24.7 Å². The zero-order chi connectivity index (χ0) is 80.7. The van der Waals surface area contributed by atoms with Crippen LogP contribution in [-0.4, -0.2) is 75.9 Å². The molecule has 14 N–H and O–H groups in total. The number of benzene rings is 8. The first-order chi connectivity index (χ1) is 52.9. The van der Waals surface area contributed by atoms with Crippen LogP contribution in [0.4, 0.5) is 15.9 Å². The number of thiazole rings is 1. The van der Waals surface area contributed by atoms with Crippen LogP contribution in [0.25, 0.3) is 88.3 Å². The fraction of sp³-hybridized carbons (Fsp3) is 0.157. The number of primary amides is 4. The molecule has 28 heteroatoms. The summed E-state index contributed by atoms with van der Waals surface area (Å²) in [6.45, 7) is 8.20. The number of amides is 4. The van der Waals surface area contributed by atoms with Gasteiger partial charge in [-0.1, -0.05) is 163 Å². The molecule has 0 aliphatic heterocycles. The van der Waals surface area contributed by atoms with Gasteiger partial charge < -0.3 is 28.7 Å². The summed E-state index contributed by atoms with van der Waals surface area (Å²) in [5.74, 6) is -1.08. The molecule has 4 aromatic heterocycles. The molecule has 0 aliphatic carbocycles. The number of nitrogens with one attached hydrogen (secondary N) is 4. The van der Waals surface area contributed by atoms with Crippen LogP contribution in [0.3, 0.4) is 0 Å². The van der Waals surface area contributed by atoms with Crippen LogP contribution in [-0.2, 0) is 76.1 Å². The Morgan fingerprint density at radius 2 is 0.802 bits per heavy atom. The molecule has 111 heavy (non-hydrogen) atoms. The first-order valence-electron chi connectivity index (χ1n) is 34.4. The largest absolute Gasteiger partial charge is 0.384 e. The number of pyridine rings is 3. The molecule has 0 radical (unpaired) electrons. The lowest BCUT2D eigenvalue weighted by Crippen LogP contribution is -2.26. The Labute approximate surface area is 651 Å². The van der Waals surface area contributed by atoms with Crippen LogP contribution in [0.15, 0.2) is 237 Å². The van der Waals surface area contributed by atoms with E-state index < -0.39 is 31.2 Å². The Hall–Kier alpha value is -12.6. The van der Waals surface area contributed by atoms with Crippen molar-refractivity contribution in [3.8, 4) is 88.3 Å². The van der Waals surface area contributed by atoms with Gasteiger partial charge in [-0.15, -0.1) is 11.3 Å². The molecule has 0 spiro atoms. The number of halogens is 1. The molecule has 23 nitrogen and oxygen atoms in total. The van der Waals surface area contributed by atoms with Gasteiger partial charge >= 0.3 is 21.0 Å². The van der Waals surface area contributed by atoms with Crippen LogP contribution < -0.4 is 38.1 Å².